The number of para-hydroxylation sites is 1. The highest BCUT2D eigenvalue weighted by Gasteiger charge is 2.25. The molecule has 1 N–H and O–H groups in total. The molecule has 2 aromatic heterocycles. The summed E-state index contributed by atoms with van der Waals surface area (Å²) in [6.45, 7) is 3.94. The molecule has 1 atom stereocenters. The molecule has 4 aromatic rings. The van der Waals surface area contributed by atoms with Gasteiger partial charge in [-0.2, -0.15) is 0 Å². The topological polar surface area (TPSA) is 86.2 Å². The summed E-state index contributed by atoms with van der Waals surface area (Å²) in [5.41, 5.74) is 0.871. The first kappa shape index (κ1) is 20.4. The fraction of sp³-hybridized carbons (Fsp3) is 0.208. The highest BCUT2D eigenvalue weighted by molar-refractivity contribution is 5.84. The van der Waals surface area contributed by atoms with Crippen molar-refractivity contribution in [1.82, 2.24) is 14.5 Å². The Labute approximate surface area is 178 Å². The van der Waals surface area contributed by atoms with Crippen LogP contribution in [-0.2, 0) is 11.3 Å². The molecule has 0 radical (unpaired) electrons. The van der Waals surface area contributed by atoms with Crippen LogP contribution in [0, 0.1) is 6.92 Å². The highest BCUT2D eigenvalue weighted by Crippen LogP contribution is 2.18. The van der Waals surface area contributed by atoms with Crippen molar-refractivity contribution in [3.05, 3.63) is 99.1 Å². The molecule has 0 spiro atoms. The molecule has 0 aliphatic heterocycles. The van der Waals surface area contributed by atoms with Crippen molar-refractivity contribution in [3.8, 4) is 5.69 Å². The van der Waals surface area contributed by atoms with E-state index in [1.54, 1.807) is 54.6 Å². The monoisotopic (exact) mass is 417 g/mol. The van der Waals surface area contributed by atoms with Crippen molar-refractivity contribution in [3.63, 3.8) is 0 Å². The Morgan fingerprint density at radius 1 is 1.06 bits per heavy atom. The first-order chi connectivity index (χ1) is 15.0. The number of nitrogens with zero attached hydrogens (tertiary/aromatic N) is 2. The number of nitrogens with one attached hydrogen (secondary N) is 1. The van der Waals surface area contributed by atoms with E-state index in [1.807, 2.05) is 19.9 Å². The zero-order valence-electron chi connectivity index (χ0n) is 17.4. The van der Waals surface area contributed by atoms with Gasteiger partial charge in [0.1, 0.15) is 11.8 Å². The van der Waals surface area contributed by atoms with Gasteiger partial charge in [0.15, 0.2) is 0 Å². The van der Waals surface area contributed by atoms with Gasteiger partial charge >= 0.3 is 5.69 Å². The molecular formula is C24H23N3O4. The van der Waals surface area contributed by atoms with Gasteiger partial charge < -0.3 is 9.73 Å². The minimum absolute atomic E-state index is 0.215. The van der Waals surface area contributed by atoms with Crippen molar-refractivity contribution < 1.29 is 9.21 Å². The second-order valence-corrected chi connectivity index (χ2v) is 7.37. The third-order valence-corrected chi connectivity index (χ3v) is 5.27. The predicted octanol–water partition coefficient (Wildman–Crippen LogP) is 3.32. The Hall–Kier alpha value is -3.87. The number of furan rings is 1. The van der Waals surface area contributed by atoms with Gasteiger partial charge in [0, 0.05) is 0 Å². The van der Waals surface area contributed by atoms with E-state index in [-0.39, 0.29) is 12.5 Å². The zero-order valence-corrected chi connectivity index (χ0v) is 17.4. The third kappa shape index (κ3) is 3.82. The summed E-state index contributed by atoms with van der Waals surface area (Å²) in [6.07, 6.45) is 1.91. The van der Waals surface area contributed by atoms with E-state index in [0.29, 0.717) is 28.8 Å². The minimum Gasteiger partial charge on any atom is -0.467 e. The van der Waals surface area contributed by atoms with Crippen LogP contribution in [0.4, 0.5) is 0 Å². The molecule has 7 heteroatoms. The summed E-state index contributed by atoms with van der Waals surface area (Å²) >= 11 is 0. The molecule has 2 aromatic carbocycles. The van der Waals surface area contributed by atoms with E-state index in [0.717, 1.165) is 10.1 Å². The van der Waals surface area contributed by atoms with Gasteiger partial charge in [0.2, 0.25) is 5.91 Å². The lowest BCUT2D eigenvalue weighted by Gasteiger charge is -2.21. The summed E-state index contributed by atoms with van der Waals surface area (Å²) in [5.74, 6) is 0.297. The number of rotatable bonds is 6. The second-order valence-electron chi connectivity index (χ2n) is 7.37. The Kier molecular flexibility index (Phi) is 5.58. The van der Waals surface area contributed by atoms with Gasteiger partial charge in [-0.3, -0.25) is 14.2 Å². The van der Waals surface area contributed by atoms with Crippen LogP contribution in [0.3, 0.4) is 0 Å². The predicted molar refractivity (Wildman–Crippen MR) is 118 cm³/mol. The average molecular weight is 417 g/mol. The Bertz CT molecular complexity index is 1350. The van der Waals surface area contributed by atoms with E-state index in [9.17, 15) is 14.4 Å². The first-order valence-electron chi connectivity index (χ1n) is 10.1. The summed E-state index contributed by atoms with van der Waals surface area (Å²) in [7, 11) is 0. The number of hydrogen-bond acceptors (Lipinski definition) is 4. The molecule has 0 aliphatic rings. The van der Waals surface area contributed by atoms with Gasteiger partial charge in [-0.05, 0) is 55.3 Å². The summed E-state index contributed by atoms with van der Waals surface area (Å²) in [4.78, 5) is 39.8. The highest BCUT2D eigenvalue weighted by atomic mass is 16.3. The lowest BCUT2D eigenvalue weighted by atomic mass is 10.1. The van der Waals surface area contributed by atoms with E-state index in [4.69, 9.17) is 4.42 Å². The van der Waals surface area contributed by atoms with Crippen LogP contribution in [0.2, 0.25) is 0 Å². The van der Waals surface area contributed by atoms with Crippen LogP contribution in [-0.4, -0.2) is 15.0 Å². The second kappa shape index (κ2) is 8.47. The van der Waals surface area contributed by atoms with Gasteiger partial charge in [-0.15, -0.1) is 0 Å². The van der Waals surface area contributed by atoms with Crippen molar-refractivity contribution in [2.45, 2.75) is 32.9 Å². The van der Waals surface area contributed by atoms with Gasteiger partial charge in [0.05, 0.1) is 29.4 Å². The number of amides is 1. The molecule has 0 fully saturated rings. The number of carbonyl (C=O) groups excluding carboxylic acids is 1. The van der Waals surface area contributed by atoms with E-state index in [2.05, 4.69) is 5.32 Å². The Morgan fingerprint density at radius 3 is 2.58 bits per heavy atom. The van der Waals surface area contributed by atoms with Gasteiger partial charge in [0.25, 0.3) is 5.56 Å². The Morgan fingerprint density at radius 2 is 1.87 bits per heavy atom. The zero-order chi connectivity index (χ0) is 22.0. The Balaban J connectivity index is 1.88. The van der Waals surface area contributed by atoms with Crippen molar-refractivity contribution in [2.24, 2.45) is 0 Å². The summed E-state index contributed by atoms with van der Waals surface area (Å²) in [6, 6.07) is 16.8. The summed E-state index contributed by atoms with van der Waals surface area (Å²) < 4.78 is 7.82. The molecule has 0 aliphatic carbocycles. The number of aryl methyl sites for hydroxylation is 1. The SMILES string of the molecule is CCC(C(=O)NCc1ccco1)n1c(=O)n(-c2cccc(C)c2)c(=O)c2ccccc21. The maximum absolute atomic E-state index is 13.6. The molecule has 1 unspecified atom stereocenters. The number of fused-ring (bicyclic) bond motifs is 1. The summed E-state index contributed by atoms with van der Waals surface area (Å²) in [5, 5.41) is 3.21. The quantitative estimate of drug-likeness (QED) is 0.521. The smallest absolute Gasteiger partial charge is 0.336 e. The van der Waals surface area contributed by atoms with E-state index in [1.165, 1.54) is 10.8 Å². The van der Waals surface area contributed by atoms with Gasteiger partial charge in [-0.25, -0.2) is 9.36 Å². The first-order valence-corrected chi connectivity index (χ1v) is 10.1. The average Bonchev–Trinajstić information content (AvgIpc) is 3.29. The van der Waals surface area contributed by atoms with Crippen molar-refractivity contribution >= 4 is 16.8 Å². The molecule has 1 amide bonds. The molecule has 31 heavy (non-hydrogen) atoms. The molecule has 0 saturated heterocycles. The molecule has 158 valence electrons. The molecule has 0 bridgehead atoms. The largest absolute Gasteiger partial charge is 0.467 e. The molecule has 7 nitrogen and oxygen atoms in total. The lowest BCUT2D eigenvalue weighted by molar-refractivity contribution is -0.124. The molecule has 4 rings (SSSR count). The lowest BCUT2D eigenvalue weighted by Crippen LogP contribution is -2.44. The standard InChI is InChI=1S/C24H23N3O4/c1-3-20(22(28)25-15-18-10-7-13-31-18)27-21-12-5-4-11-19(21)23(29)26(24(27)30)17-9-6-8-16(2)14-17/h4-14,20H,3,15H2,1-2H3,(H,25,28). The van der Waals surface area contributed by atoms with Crippen molar-refractivity contribution in [1.29, 1.82) is 0 Å². The van der Waals surface area contributed by atoms with E-state index < -0.39 is 17.3 Å². The number of benzene rings is 2. The van der Waals surface area contributed by atoms with Crippen LogP contribution in [0.1, 0.15) is 30.7 Å². The normalized spacial score (nSPS) is 12.1. The van der Waals surface area contributed by atoms with Gasteiger partial charge in [-0.1, -0.05) is 31.2 Å². The molecular weight excluding hydrogens is 394 g/mol. The number of aromatic nitrogens is 2. The van der Waals surface area contributed by atoms with Crippen molar-refractivity contribution in [2.75, 3.05) is 0 Å². The van der Waals surface area contributed by atoms with Crippen LogP contribution in [0.5, 0.6) is 0 Å². The number of carbonyl (C=O) groups is 1. The minimum atomic E-state index is -0.788. The third-order valence-electron chi connectivity index (χ3n) is 5.27. The molecule has 2 heterocycles. The van der Waals surface area contributed by atoms with Crippen LogP contribution >= 0.6 is 0 Å². The molecule has 0 saturated carbocycles. The maximum atomic E-state index is 13.6. The van der Waals surface area contributed by atoms with E-state index >= 15 is 0 Å². The van der Waals surface area contributed by atoms with Crippen LogP contribution in [0.25, 0.3) is 16.6 Å². The fourth-order valence-corrected chi connectivity index (χ4v) is 3.77. The maximum Gasteiger partial charge on any atom is 0.336 e. The van der Waals surface area contributed by atoms with Crippen LogP contribution in [0.15, 0.2) is 80.9 Å². The van der Waals surface area contributed by atoms with Crippen LogP contribution < -0.4 is 16.6 Å². The number of hydrogen-bond donors (Lipinski definition) is 1. The fourth-order valence-electron chi connectivity index (χ4n) is 3.77.